The number of ketones is 1. The predicted molar refractivity (Wildman–Crippen MR) is 58.2 cm³/mol. The van der Waals surface area contributed by atoms with Crippen molar-refractivity contribution in [3.63, 3.8) is 0 Å². The topological polar surface area (TPSA) is 37.3 Å². The van der Waals surface area contributed by atoms with Gasteiger partial charge >= 0.3 is 0 Å². The quantitative estimate of drug-likeness (QED) is 0.786. The summed E-state index contributed by atoms with van der Waals surface area (Å²) in [6.45, 7) is 7.16. The monoisotopic (exact) mass is 282 g/mol. The van der Waals surface area contributed by atoms with Crippen molar-refractivity contribution in [3.05, 3.63) is 10.2 Å². The van der Waals surface area contributed by atoms with Crippen molar-refractivity contribution >= 4 is 28.4 Å². The number of aliphatic hydroxyl groups excluding tert-OH is 1. The van der Waals surface area contributed by atoms with Crippen molar-refractivity contribution in [2.45, 2.75) is 32.8 Å². The number of hydrogen-bond donors (Lipinski definition) is 1. The summed E-state index contributed by atoms with van der Waals surface area (Å²) in [6, 6.07) is 0. The summed E-state index contributed by atoms with van der Waals surface area (Å²) in [7, 11) is 0. The summed E-state index contributed by atoms with van der Waals surface area (Å²) >= 11 is 2.00. The molecule has 0 aliphatic carbocycles. The zero-order chi connectivity index (χ0) is 9.72. The maximum Gasteiger partial charge on any atom is 0.140 e. The lowest BCUT2D eigenvalue weighted by atomic mass is 9.95. The van der Waals surface area contributed by atoms with Crippen molar-refractivity contribution < 1.29 is 9.90 Å². The zero-order valence-corrected chi connectivity index (χ0v) is 9.67. The fourth-order valence-electron chi connectivity index (χ4n) is 1.16. The van der Waals surface area contributed by atoms with E-state index in [-0.39, 0.29) is 11.7 Å². The van der Waals surface area contributed by atoms with Crippen LogP contribution in [0.25, 0.3) is 0 Å². The minimum atomic E-state index is -0.558. The van der Waals surface area contributed by atoms with Crippen LogP contribution in [0.5, 0.6) is 0 Å². The van der Waals surface area contributed by atoms with Gasteiger partial charge in [0, 0.05) is 0 Å². The molecule has 1 N–H and O–H groups in total. The van der Waals surface area contributed by atoms with Crippen LogP contribution in [-0.2, 0) is 4.79 Å². The molecule has 0 bridgehead atoms. The molecule has 3 heteroatoms. The normalized spacial score (nSPS) is 15.3. The number of Topliss-reactive ketones (excluding diaryl/α,β-unsaturated/α-hetero) is 1. The van der Waals surface area contributed by atoms with E-state index >= 15 is 0 Å². The number of rotatable bonds is 5. The van der Waals surface area contributed by atoms with Crippen molar-refractivity contribution in [2.24, 2.45) is 5.92 Å². The molecule has 0 saturated heterocycles. The number of halogens is 1. The molecule has 0 saturated carbocycles. The summed E-state index contributed by atoms with van der Waals surface area (Å²) in [6.07, 6.45) is 0.984. The summed E-state index contributed by atoms with van der Waals surface area (Å²) < 4.78 is 0.723. The van der Waals surface area contributed by atoms with Crippen molar-refractivity contribution in [3.8, 4) is 0 Å². The second-order valence-corrected chi connectivity index (χ2v) is 4.28. The van der Waals surface area contributed by atoms with Gasteiger partial charge in [-0.05, 0) is 39.5 Å². The highest BCUT2D eigenvalue weighted by Crippen LogP contribution is 2.23. The molecule has 0 fully saturated rings. The van der Waals surface area contributed by atoms with Gasteiger partial charge in [-0.15, -0.1) is 0 Å². The maximum absolute atomic E-state index is 11.1. The predicted octanol–water partition coefficient (Wildman–Crippen LogP) is 2.30. The molecule has 1 unspecified atom stereocenters. The SMILES string of the molecule is C=C(I)[C@@H](C(C)=O)C(O)CCC. The third-order valence-corrected chi connectivity index (χ3v) is 2.42. The van der Waals surface area contributed by atoms with Gasteiger partial charge in [0.1, 0.15) is 5.78 Å². The van der Waals surface area contributed by atoms with Gasteiger partial charge < -0.3 is 5.11 Å². The van der Waals surface area contributed by atoms with Crippen molar-refractivity contribution in [1.82, 2.24) is 0 Å². The third kappa shape index (κ3) is 3.67. The van der Waals surface area contributed by atoms with Gasteiger partial charge in [-0.25, -0.2) is 0 Å². The van der Waals surface area contributed by atoms with Crippen LogP contribution in [0.2, 0.25) is 0 Å². The minimum absolute atomic E-state index is 0.00431. The number of hydrogen-bond acceptors (Lipinski definition) is 2. The van der Waals surface area contributed by atoms with E-state index in [9.17, 15) is 9.90 Å². The van der Waals surface area contributed by atoms with Gasteiger partial charge in [0.05, 0.1) is 12.0 Å². The average Bonchev–Trinajstić information content (AvgIpc) is 1.85. The zero-order valence-electron chi connectivity index (χ0n) is 7.51. The molecule has 0 rings (SSSR count). The van der Waals surface area contributed by atoms with Crippen LogP contribution in [0.3, 0.4) is 0 Å². The second-order valence-electron chi connectivity index (χ2n) is 2.89. The Balaban J connectivity index is 4.29. The highest BCUT2D eigenvalue weighted by atomic mass is 127. The fraction of sp³-hybridized carbons (Fsp3) is 0.667. The van der Waals surface area contributed by atoms with Gasteiger partial charge in [0.25, 0.3) is 0 Å². The van der Waals surface area contributed by atoms with Gasteiger partial charge in [-0.3, -0.25) is 4.79 Å². The Morgan fingerprint density at radius 1 is 1.67 bits per heavy atom. The molecule has 2 nitrogen and oxygen atoms in total. The van der Waals surface area contributed by atoms with E-state index in [1.54, 1.807) is 0 Å². The Bertz CT molecular complexity index is 163. The van der Waals surface area contributed by atoms with Crippen molar-refractivity contribution in [2.75, 3.05) is 0 Å². The minimum Gasteiger partial charge on any atom is -0.392 e. The summed E-state index contributed by atoms with van der Waals surface area (Å²) in [5.41, 5.74) is 0. The van der Waals surface area contributed by atoms with Gasteiger partial charge in [0.2, 0.25) is 0 Å². The van der Waals surface area contributed by atoms with E-state index in [1.165, 1.54) is 6.92 Å². The van der Waals surface area contributed by atoms with E-state index in [0.717, 1.165) is 10.0 Å². The summed E-state index contributed by atoms with van der Waals surface area (Å²) in [4.78, 5) is 11.1. The molecule has 0 amide bonds. The molecule has 0 heterocycles. The number of carbonyl (C=O) groups is 1. The average molecular weight is 282 g/mol. The Kier molecular flexibility index (Phi) is 5.74. The third-order valence-electron chi connectivity index (χ3n) is 1.74. The second kappa shape index (κ2) is 5.70. The molecule has 2 atom stereocenters. The molecule has 0 aliphatic rings. The summed E-state index contributed by atoms with van der Waals surface area (Å²) in [5, 5.41) is 9.56. The Morgan fingerprint density at radius 2 is 2.17 bits per heavy atom. The first-order chi connectivity index (χ1) is 5.50. The molecular weight excluding hydrogens is 267 g/mol. The molecule has 0 aromatic rings. The standard InChI is InChI=1S/C9H15IO2/c1-4-5-8(12)9(6(2)10)7(3)11/h8-9,12H,2,4-5H2,1,3H3/t8?,9-/m0/s1. The van der Waals surface area contributed by atoms with Crippen LogP contribution in [0.4, 0.5) is 0 Å². The molecule has 70 valence electrons. The van der Waals surface area contributed by atoms with Gasteiger partial charge in [-0.1, -0.05) is 19.9 Å². The Labute approximate surface area is 87.2 Å². The van der Waals surface area contributed by atoms with Crippen molar-refractivity contribution in [1.29, 1.82) is 0 Å². The first kappa shape index (κ1) is 12.1. The van der Waals surface area contributed by atoms with Gasteiger partial charge in [-0.2, -0.15) is 0 Å². The van der Waals surface area contributed by atoms with Crippen LogP contribution < -0.4 is 0 Å². The first-order valence-electron chi connectivity index (χ1n) is 4.03. The molecule has 0 aromatic heterocycles. The highest BCUT2D eigenvalue weighted by Gasteiger charge is 2.24. The Hall–Kier alpha value is 0.1000. The lowest BCUT2D eigenvalue weighted by molar-refractivity contribution is -0.122. The lowest BCUT2D eigenvalue weighted by Gasteiger charge is -2.18. The number of aliphatic hydroxyl groups is 1. The molecule has 0 aromatic carbocycles. The van der Waals surface area contributed by atoms with E-state index in [1.807, 2.05) is 29.5 Å². The van der Waals surface area contributed by atoms with Crippen LogP contribution in [0.1, 0.15) is 26.7 Å². The molecule has 0 spiro atoms. The molecule has 12 heavy (non-hydrogen) atoms. The van der Waals surface area contributed by atoms with Crippen LogP contribution >= 0.6 is 22.6 Å². The molecule has 0 aliphatic heterocycles. The smallest absolute Gasteiger partial charge is 0.140 e. The largest absolute Gasteiger partial charge is 0.392 e. The van der Waals surface area contributed by atoms with E-state index < -0.39 is 6.10 Å². The van der Waals surface area contributed by atoms with E-state index in [2.05, 4.69) is 6.58 Å². The Morgan fingerprint density at radius 3 is 2.42 bits per heavy atom. The van der Waals surface area contributed by atoms with E-state index in [0.29, 0.717) is 6.42 Å². The van der Waals surface area contributed by atoms with Gasteiger partial charge in [0.15, 0.2) is 0 Å². The maximum atomic E-state index is 11.1. The first-order valence-corrected chi connectivity index (χ1v) is 5.11. The summed E-state index contributed by atoms with van der Waals surface area (Å²) in [5.74, 6) is -0.388. The lowest BCUT2D eigenvalue weighted by Crippen LogP contribution is -2.26. The van der Waals surface area contributed by atoms with E-state index in [4.69, 9.17) is 0 Å². The molecular formula is C9H15IO2. The fourth-order valence-corrected chi connectivity index (χ4v) is 2.02. The van der Waals surface area contributed by atoms with Crippen LogP contribution in [-0.4, -0.2) is 17.0 Å². The van der Waals surface area contributed by atoms with Crippen LogP contribution in [0, 0.1) is 5.92 Å². The number of carbonyl (C=O) groups excluding carboxylic acids is 1. The van der Waals surface area contributed by atoms with Crippen LogP contribution in [0.15, 0.2) is 10.2 Å². The molecule has 0 radical (unpaired) electrons. The highest BCUT2D eigenvalue weighted by molar-refractivity contribution is 14.1.